The van der Waals surface area contributed by atoms with Gasteiger partial charge >= 0.3 is 0 Å². The van der Waals surface area contributed by atoms with Crippen LogP contribution in [-0.2, 0) is 4.43 Å². The predicted octanol–water partition coefficient (Wildman–Crippen LogP) is 2.38. The van der Waals surface area contributed by atoms with E-state index in [1.54, 1.807) is 0 Å². The fourth-order valence-corrected chi connectivity index (χ4v) is 1.77. The highest BCUT2D eigenvalue weighted by Gasteiger charge is 2.23. The summed E-state index contributed by atoms with van der Waals surface area (Å²) in [5.41, 5.74) is 0.253. The van der Waals surface area contributed by atoms with Gasteiger partial charge in [-0.1, -0.05) is 27.7 Å². The van der Waals surface area contributed by atoms with E-state index in [0.29, 0.717) is 5.92 Å². The third-order valence-corrected chi connectivity index (χ3v) is 3.32. The minimum absolute atomic E-state index is 0.253. The molecule has 0 bridgehead atoms. The monoisotopic (exact) mass is 204 g/mol. The van der Waals surface area contributed by atoms with Gasteiger partial charge in [0.25, 0.3) is 0 Å². The van der Waals surface area contributed by atoms with Crippen LogP contribution in [-0.4, -0.2) is 20.4 Å². The number of aliphatic hydroxyl groups is 1. The van der Waals surface area contributed by atoms with E-state index in [9.17, 15) is 5.11 Å². The van der Waals surface area contributed by atoms with Crippen LogP contribution in [0.2, 0.25) is 13.1 Å². The highest BCUT2D eigenvalue weighted by Crippen LogP contribution is 2.29. The highest BCUT2D eigenvalue weighted by atomic mass is 28.3. The summed E-state index contributed by atoms with van der Waals surface area (Å²) in [6.07, 6.45) is 0.190. The highest BCUT2D eigenvalue weighted by molar-refractivity contribution is 6.48. The van der Waals surface area contributed by atoms with Crippen molar-refractivity contribution in [1.29, 1.82) is 0 Å². The standard InChI is InChI=1S/C10H24O2Si/c1-8(10(2,3)4)7-9(11)12-13(5)6/h8-9,11,13H,7H2,1-6H3/t8?,9-/m0/s1. The van der Waals surface area contributed by atoms with Crippen molar-refractivity contribution in [3.63, 3.8) is 0 Å². The topological polar surface area (TPSA) is 29.5 Å². The lowest BCUT2D eigenvalue weighted by atomic mass is 9.80. The summed E-state index contributed by atoms with van der Waals surface area (Å²) in [6, 6.07) is 0. The molecule has 0 aromatic heterocycles. The van der Waals surface area contributed by atoms with Crippen LogP contribution in [0.1, 0.15) is 34.1 Å². The third kappa shape index (κ3) is 6.24. The van der Waals surface area contributed by atoms with Crippen LogP contribution in [0, 0.1) is 11.3 Å². The molecule has 0 radical (unpaired) electrons. The molecule has 0 fully saturated rings. The number of rotatable bonds is 4. The molecule has 0 heterocycles. The molecular formula is C10H24O2Si. The van der Waals surface area contributed by atoms with Gasteiger partial charge in [-0.3, -0.25) is 0 Å². The van der Waals surface area contributed by atoms with Gasteiger partial charge in [-0.05, 0) is 24.4 Å². The first-order chi connectivity index (χ1) is 5.73. The van der Waals surface area contributed by atoms with Crippen LogP contribution >= 0.6 is 0 Å². The van der Waals surface area contributed by atoms with Crippen LogP contribution in [0.3, 0.4) is 0 Å². The Morgan fingerprint density at radius 2 is 1.77 bits per heavy atom. The molecular weight excluding hydrogens is 180 g/mol. The van der Waals surface area contributed by atoms with Crippen molar-refractivity contribution >= 4 is 9.04 Å². The summed E-state index contributed by atoms with van der Waals surface area (Å²) in [5, 5.41) is 9.57. The van der Waals surface area contributed by atoms with E-state index in [1.807, 2.05) is 0 Å². The van der Waals surface area contributed by atoms with Crippen molar-refractivity contribution in [2.45, 2.75) is 53.5 Å². The van der Waals surface area contributed by atoms with Gasteiger partial charge in [0.2, 0.25) is 0 Å². The molecule has 1 unspecified atom stereocenters. The molecule has 0 aliphatic rings. The first kappa shape index (κ1) is 13.1. The Balaban J connectivity index is 3.85. The maximum atomic E-state index is 9.57. The van der Waals surface area contributed by atoms with E-state index in [0.717, 1.165) is 6.42 Å². The van der Waals surface area contributed by atoms with Crippen molar-refractivity contribution in [2.24, 2.45) is 11.3 Å². The third-order valence-electron chi connectivity index (χ3n) is 2.46. The first-order valence-electron chi connectivity index (χ1n) is 5.07. The molecule has 0 aromatic rings. The molecule has 0 saturated heterocycles. The van der Waals surface area contributed by atoms with Gasteiger partial charge in [-0.25, -0.2) is 0 Å². The average Bonchev–Trinajstić information content (AvgIpc) is 1.82. The Morgan fingerprint density at radius 3 is 2.08 bits per heavy atom. The van der Waals surface area contributed by atoms with E-state index in [4.69, 9.17) is 4.43 Å². The molecule has 0 aliphatic heterocycles. The van der Waals surface area contributed by atoms with E-state index in [-0.39, 0.29) is 5.41 Å². The lowest BCUT2D eigenvalue weighted by molar-refractivity contribution is -0.0453. The molecule has 80 valence electrons. The smallest absolute Gasteiger partial charge is 0.174 e. The molecule has 0 aromatic carbocycles. The molecule has 3 heteroatoms. The van der Waals surface area contributed by atoms with Crippen molar-refractivity contribution in [3.8, 4) is 0 Å². The van der Waals surface area contributed by atoms with Crippen LogP contribution in [0.25, 0.3) is 0 Å². The Hall–Kier alpha value is 0.137. The molecule has 0 spiro atoms. The maximum absolute atomic E-state index is 9.57. The SMILES string of the molecule is CC(C[C@@H](O)O[SiH](C)C)C(C)(C)C. The molecule has 13 heavy (non-hydrogen) atoms. The number of hydrogen-bond acceptors (Lipinski definition) is 2. The Labute approximate surface area is 84.0 Å². The zero-order chi connectivity index (χ0) is 10.6. The van der Waals surface area contributed by atoms with Gasteiger partial charge in [-0.15, -0.1) is 0 Å². The summed E-state index contributed by atoms with van der Waals surface area (Å²) in [6.45, 7) is 12.9. The van der Waals surface area contributed by atoms with E-state index in [2.05, 4.69) is 40.8 Å². The van der Waals surface area contributed by atoms with Crippen molar-refractivity contribution in [3.05, 3.63) is 0 Å². The van der Waals surface area contributed by atoms with Crippen LogP contribution in [0.15, 0.2) is 0 Å². The lowest BCUT2D eigenvalue weighted by Gasteiger charge is -2.29. The number of aliphatic hydroxyl groups excluding tert-OH is 1. The Kier molecular flexibility index (Phi) is 5.18. The molecule has 0 saturated carbocycles. The van der Waals surface area contributed by atoms with Gasteiger partial charge in [0.15, 0.2) is 9.04 Å². The maximum Gasteiger partial charge on any atom is 0.174 e. The summed E-state index contributed by atoms with van der Waals surface area (Å²) in [5.74, 6) is 0.482. The van der Waals surface area contributed by atoms with Crippen molar-refractivity contribution < 1.29 is 9.53 Å². The Bertz CT molecular complexity index is 140. The second-order valence-corrected chi connectivity index (χ2v) is 7.51. The summed E-state index contributed by atoms with van der Waals surface area (Å²) >= 11 is 0. The molecule has 0 amide bonds. The van der Waals surface area contributed by atoms with Gasteiger partial charge < -0.3 is 9.53 Å². The van der Waals surface area contributed by atoms with E-state index < -0.39 is 15.3 Å². The van der Waals surface area contributed by atoms with Crippen molar-refractivity contribution in [2.75, 3.05) is 0 Å². The van der Waals surface area contributed by atoms with E-state index in [1.165, 1.54) is 0 Å². The fraction of sp³-hybridized carbons (Fsp3) is 1.00. The number of hydrogen-bond donors (Lipinski definition) is 1. The van der Waals surface area contributed by atoms with Gasteiger partial charge in [-0.2, -0.15) is 0 Å². The second kappa shape index (κ2) is 5.13. The second-order valence-electron chi connectivity index (χ2n) is 5.14. The van der Waals surface area contributed by atoms with Gasteiger partial charge in [0.1, 0.15) is 6.29 Å². The van der Waals surface area contributed by atoms with E-state index >= 15 is 0 Å². The van der Waals surface area contributed by atoms with Gasteiger partial charge in [0.05, 0.1) is 0 Å². The summed E-state index contributed by atoms with van der Waals surface area (Å²) in [4.78, 5) is 0. The van der Waals surface area contributed by atoms with Crippen LogP contribution in [0.4, 0.5) is 0 Å². The lowest BCUT2D eigenvalue weighted by Crippen LogP contribution is -2.27. The molecule has 1 N–H and O–H groups in total. The van der Waals surface area contributed by atoms with Crippen molar-refractivity contribution in [1.82, 2.24) is 0 Å². The van der Waals surface area contributed by atoms with Gasteiger partial charge in [0, 0.05) is 6.42 Å². The fourth-order valence-electron chi connectivity index (χ4n) is 1.03. The largest absolute Gasteiger partial charge is 0.396 e. The minimum Gasteiger partial charge on any atom is -0.396 e. The van der Waals surface area contributed by atoms with Crippen LogP contribution in [0.5, 0.6) is 0 Å². The predicted molar refractivity (Wildman–Crippen MR) is 59.2 cm³/mol. The molecule has 2 atom stereocenters. The Morgan fingerprint density at radius 1 is 1.31 bits per heavy atom. The normalized spacial score (nSPS) is 17.5. The first-order valence-corrected chi connectivity index (χ1v) is 7.85. The zero-order valence-electron chi connectivity index (χ0n) is 9.79. The summed E-state index contributed by atoms with van der Waals surface area (Å²) < 4.78 is 5.41. The zero-order valence-corrected chi connectivity index (χ0v) is 10.9. The molecule has 2 nitrogen and oxygen atoms in total. The van der Waals surface area contributed by atoms with Crippen LogP contribution < -0.4 is 0 Å². The average molecular weight is 204 g/mol. The molecule has 0 aliphatic carbocycles. The quantitative estimate of drug-likeness (QED) is 0.563. The molecule has 0 rings (SSSR count). The summed E-state index contributed by atoms with van der Waals surface area (Å²) in [7, 11) is -1.09. The minimum atomic E-state index is -1.09.